The summed E-state index contributed by atoms with van der Waals surface area (Å²) < 4.78 is 17.5. The van der Waals surface area contributed by atoms with Crippen molar-refractivity contribution < 1.29 is 18.7 Å². The maximum Gasteiger partial charge on any atom is 0.320 e. The van der Waals surface area contributed by atoms with E-state index in [1.807, 2.05) is 0 Å². The van der Waals surface area contributed by atoms with Crippen molar-refractivity contribution in [3.8, 4) is 0 Å². The molecule has 0 aliphatic carbocycles. The van der Waals surface area contributed by atoms with Crippen molar-refractivity contribution in [2.24, 2.45) is 5.92 Å². The van der Waals surface area contributed by atoms with Crippen LogP contribution in [0, 0.1) is 5.92 Å². The van der Waals surface area contributed by atoms with Gasteiger partial charge in [0.1, 0.15) is 6.17 Å². The number of hydrogen-bond donors (Lipinski definition) is 0. The summed E-state index contributed by atoms with van der Waals surface area (Å²) in [6.45, 7) is 5.21. The highest BCUT2D eigenvalue weighted by molar-refractivity contribution is 5.94. The minimum atomic E-state index is -1.35. The largest absolute Gasteiger partial charge is 0.393 e. The Morgan fingerprint density at radius 2 is 2.38 bits per heavy atom. The predicted octanol–water partition coefficient (Wildman–Crippen LogP) is 1.38. The summed E-state index contributed by atoms with van der Waals surface area (Å²) in [5.41, 5.74) is 0.652. The monoisotopic (exact) mass is 186 g/mol. The van der Waals surface area contributed by atoms with E-state index in [4.69, 9.17) is 0 Å². The third-order valence-corrected chi connectivity index (χ3v) is 1.88. The van der Waals surface area contributed by atoms with Gasteiger partial charge in [0.05, 0.1) is 12.3 Å². The summed E-state index contributed by atoms with van der Waals surface area (Å²) in [4.78, 5) is 21.5. The van der Waals surface area contributed by atoms with Crippen molar-refractivity contribution in [3.05, 3.63) is 12.2 Å². The van der Waals surface area contributed by atoms with Gasteiger partial charge < -0.3 is 4.74 Å². The summed E-state index contributed by atoms with van der Waals surface area (Å²) in [7, 11) is 0. The van der Waals surface area contributed by atoms with Crippen molar-refractivity contribution in [2.75, 3.05) is 0 Å². The van der Waals surface area contributed by atoms with E-state index in [9.17, 15) is 14.0 Å². The molecule has 72 valence electrons. The summed E-state index contributed by atoms with van der Waals surface area (Å²) in [5.74, 6) is -2.32. The minimum absolute atomic E-state index is 0.104. The summed E-state index contributed by atoms with van der Waals surface area (Å²) in [6, 6.07) is 0. The van der Waals surface area contributed by atoms with E-state index >= 15 is 0 Å². The Bertz CT molecular complexity index is 260. The molecule has 0 radical (unpaired) electrons. The molecule has 3 nitrogen and oxygen atoms in total. The second-order valence-corrected chi connectivity index (χ2v) is 3.28. The second kappa shape index (κ2) is 3.68. The van der Waals surface area contributed by atoms with Crippen LogP contribution in [-0.2, 0) is 14.3 Å². The Hall–Kier alpha value is -1.19. The van der Waals surface area contributed by atoms with Crippen LogP contribution < -0.4 is 0 Å². The Labute approximate surface area is 75.6 Å². The van der Waals surface area contributed by atoms with E-state index in [1.54, 1.807) is 6.92 Å². The Kier molecular flexibility index (Phi) is 2.80. The first-order chi connectivity index (χ1) is 6.00. The van der Waals surface area contributed by atoms with Gasteiger partial charge in [-0.15, -0.1) is 6.58 Å². The second-order valence-electron chi connectivity index (χ2n) is 3.28. The average Bonchev–Trinajstić information content (AvgIpc) is 2.28. The van der Waals surface area contributed by atoms with E-state index in [-0.39, 0.29) is 12.8 Å². The molecule has 0 saturated carbocycles. The van der Waals surface area contributed by atoms with Crippen LogP contribution in [-0.4, -0.2) is 18.1 Å². The van der Waals surface area contributed by atoms with Crippen LogP contribution in [0.2, 0.25) is 0 Å². The highest BCUT2D eigenvalue weighted by atomic mass is 19.1. The standard InChI is InChI=1S/C9H11FO3/c1-5(2)3-7(10)6-4-8(11)13-9(6)12/h6-7H,1,3-4H2,2H3. The number of carbonyl (C=O) groups is 2. The van der Waals surface area contributed by atoms with E-state index in [1.165, 1.54) is 0 Å². The molecule has 0 spiro atoms. The van der Waals surface area contributed by atoms with Gasteiger partial charge in [-0.25, -0.2) is 4.39 Å². The number of carbonyl (C=O) groups excluding carboxylic acids is 2. The normalized spacial score (nSPS) is 24.3. The van der Waals surface area contributed by atoms with Gasteiger partial charge in [-0.2, -0.15) is 0 Å². The molecule has 0 aromatic rings. The molecule has 1 aliphatic rings. The average molecular weight is 186 g/mol. The van der Waals surface area contributed by atoms with Gasteiger partial charge in [-0.1, -0.05) is 5.57 Å². The molecule has 1 saturated heterocycles. The predicted molar refractivity (Wildman–Crippen MR) is 43.5 cm³/mol. The lowest BCUT2D eigenvalue weighted by molar-refractivity contribution is -0.153. The molecule has 2 unspecified atom stereocenters. The molecule has 0 N–H and O–H groups in total. The molecule has 1 rings (SSSR count). The smallest absolute Gasteiger partial charge is 0.320 e. The third-order valence-electron chi connectivity index (χ3n) is 1.88. The molecule has 1 aliphatic heterocycles. The highest BCUT2D eigenvalue weighted by Crippen LogP contribution is 2.25. The number of rotatable bonds is 3. The first kappa shape index (κ1) is 9.89. The van der Waals surface area contributed by atoms with Gasteiger partial charge in [0, 0.05) is 0 Å². The fourth-order valence-corrected chi connectivity index (χ4v) is 1.24. The van der Waals surface area contributed by atoms with Crippen LogP contribution in [0.4, 0.5) is 4.39 Å². The Morgan fingerprint density at radius 1 is 1.77 bits per heavy atom. The number of alkyl halides is 1. The lowest BCUT2D eigenvalue weighted by Gasteiger charge is -2.10. The topological polar surface area (TPSA) is 43.4 Å². The first-order valence-corrected chi connectivity index (χ1v) is 4.03. The van der Waals surface area contributed by atoms with Gasteiger partial charge in [-0.3, -0.25) is 9.59 Å². The lowest BCUT2D eigenvalue weighted by atomic mass is 9.97. The van der Waals surface area contributed by atoms with Gasteiger partial charge >= 0.3 is 11.9 Å². The summed E-state index contributed by atoms with van der Waals surface area (Å²) in [5, 5.41) is 0. The summed E-state index contributed by atoms with van der Waals surface area (Å²) >= 11 is 0. The van der Waals surface area contributed by atoms with Gasteiger partial charge in [0.25, 0.3) is 0 Å². The highest BCUT2D eigenvalue weighted by Gasteiger charge is 2.39. The molecule has 0 amide bonds. The van der Waals surface area contributed by atoms with E-state index < -0.39 is 24.0 Å². The number of esters is 2. The van der Waals surface area contributed by atoms with Crippen molar-refractivity contribution >= 4 is 11.9 Å². The molecule has 2 atom stereocenters. The van der Waals surface area contributed by atoms with Crippen LogP contribution in [0.15, 0.2) is 12.2 Å². The fourth-order valence-electron chi connectivity index (χ4n) is 1.24. The first-order valence-electron chi connectivity index (χ1n) is 4.03. The van der Waals surface area contributed by atoms with Crippen LogP contribution in [0.1, 0.15) is 19.8 Å². The van der Waals surface area contributed by atoms with Crippen molar-refractivity contribution in [2.45, 2.75) is 25.9 Å². The number of halogens is 1. The minimum Gasteiger partial charge on any atom is -0.393 e. The van der Waals surface area contributed by atoms with Crippen LogP contribution in [0.5, 0.6) is 0 Å². The number of hydrogen-bond acceptors (Lipinski definition) is 3. The van der Waals surface area contributed by atoms with Crippen LogP contribution in [0.25, 0.3) is 0 Å². The molecule has 0 aromatic carbocycles. The van der Waals surface area contributed by atoms with Crippen molar-refractivity contribution in [3.63, 3.8) is 0 Å². The van der Waals surface area contributed by atoms with E-state index in [0.29, 0.717) is 5.57 Å². The zero-order chi connectivity index (χ0) is 10.0. The zero-order valence-electron chi connectivity index (χ0n) is 7.38. The number of ether oxygens (including phenoxy) is 1. The van der Waals surface area contributed by atoms with Crippen LogP contribution in [0.3, 0.4) is 0 Å². The molecule has 0 aromatic heterocycles. The number of cyclic esters (lactones) is 2. The third kappa shape index (κ3) is 2.37. The Morgan fingerprint density at radius 3 is 2.77 bits per heavy atom. The molecule has 1 fully saturated rings. The van der Waals surface area contributed by atoms with Gasteiger partial charge in [0.15, 0.2) is 0 Å². The van der Waals surface area contributed by atoms with E-state index in [0.717, 1.165) is 0 Å². The van der Waals surface area contributed by atoms with Gasteiger partial charge in [0.2, 0.25) is 0 Å². The quantitative estimate of drug-likeness (QED) is 0.380. The van der Waals surface area contributed by atoms with Crippen molar-refractivity contribution in [1.29, 1.82) is 0 Å². The van der Waals surface area contributed by atoms with Gasteiger partial charge in [-0.05, 0) is 13.3 Å². The molecule has 13 heavy (non-hydrogen) atoms. The maximum atomic E-state index is 13.3. The van der Waals surface area contributed by atoms with Crippen molar-refractivity contribution in [1.82, 2.24) is 0 Å². The van der Waals surface area contributed by atoms with E-state index in [2.05, 4.69) is 11.3 Å². The fraction of sp³-hybridized carbons (Fsp3) is 0.556. The van der Waals surface area contributed by atoms with Crippen LogP contribution >= 0.6 is 0 Å². The molecular weight excluding hydrogens is 175 g/mol. The molecule has 0 bridgehead atoms. The number of allylic oxidation sites excluding steroid dienone is 1. The molecular formula is C9H11FO3. The summed E-state index contributed by atoms with van der Waals surface area (Å²) in [6.07, 6.45) is -1.39. The SMILES string of the molecule is C=C(C)CC(F)C1CC(=O)OC1=O. The zero-order valence-corrected chi connectivity index (χ0v) is 7.38. The molecule has 4 heteroatoms. The maximum absolute atomic E-state index is 13.3. The molecule has 1 heterocycles. The lowest BCUT2D eigenvalue weighted by Crippen LogP contribution is -2.20. The Balaban J connectivity index is 2.56.